The molecule has 0 aliphatic carbocycles. The molecule has 0 radical (unpaired) electrons. The molecule has 0 saturated carbocycles. The first-order valence-corrected chi connectivity index (χ1v) is 11.0. The summed E-state index contributed by atoms with van der Waals surface area (Å²) in [5.74, 6) is 0.0166. The van der Waals surface area contributed by atoms with Crippen molar-refractivity contribution in [3.8, 4) is 5.69 Å². The van der Waals surface area contributed by atoms with Crippen LogP contribution in [0.4, 0.5) is 5.82 Å². The normalized spacial score (nSPS) is 11.3. The number of methoxy groups -OCH3 is 1. The van der Waals surface area contributed by atoms with Crippen molar-refractivity contribution in [3.63, 3.8) is 0 Å². The summed E-state index contributed by atoms with van der Waals surface area (Å²) < 4.78 is 6.77. The van der Waals surface area contributed by atoms with Gasteiger partial charge in [-0.2, -0.15) is 5.10 Å². The molecular formula is C26H32N4O3. The van der Waals surface area contributed by atoms with E-state index in [0.717, 1.165) is 22.5 Å². The molecule has 2 amide bonds. The Hall–Kier alpha value is -3.45. The van der Waals surface area contributed by atoms with Crippen molar-refractivity contribution in [1.82, 2.24) is 14.7 Å². The smallest absolute Gasteiger partial charge is 0.249 e. The molecule has 0 saturated heterocycles. The van der Waals surface area contributed by atoms with E-state index in [1.807, 2.05) is 67.6 Å². The van der Waals surface area contributed by atoms with Crippen LogP contribution in [0.2, 0.25) is 0 Å². The Kier molecular flexibility index (Phi) is 7.66. The predicted octanol–water partition coefficient (Wildman–Crippen LogP) is 4.09. The fourth-order valence-corrected chi connectivity index (χ4v) is 3.43. The number of ether oxygens (including phenoxy) is 1. The number of anilines is 1. The van der Waals surface area contributed by atoms with Gasteiger partial charge in [-0.15, -0.1) is 0 Å². The second kappa shape index (κ2) is 10.4. The van der Waals surface area contributed by atoms with Gasteiger partial charge >= 0.3 is 0 Å². The third-order valence-electron chi connectivity index (χ3n) is 5.26. The van der Waals surface area contributed by atoms with E-state index in [0.29, 0.717) is 12.4 Å². The van der Waals surface area contributed by atoms with Gasteiger partial charge in [0.25, 0.3) is 0 Å². The summed E-state index contributed by atoms with van der Waals surface area (Å²) in [7, 11) is 1.47. The third kappa shape index (κ3) is 6.29. The highest BCUT2D eigenvalue weighted by atomic mass is 16.5. The van der Waals surface area contributed by atoms with E-state index in [2.05, 4.69) is 26.1 Å². The van der Waals surface area contributed by atoms with Crippen LogP contribution in [-0.4, -0.2) is 46.8 Å². The van der Waals surface area contributed by atoms with Crippen LogP contribution in [0.1, 0.15) is 37.6 Å². The Balaban J connectivity index is 1.86. The molecule has 7 heteroatoms. The lowest BCUT2D eigenvalue weighted by Crippen LogP contribution is -2.39. The predicted molar refractivity (Wildman–Crippen MR) is 129 cm³/mol. The van der Waals surface area contributed by atoms with Crippen LogP contribution in [0.25, 0.3) is 5.69 Å². The van der Waals surface area contributed by atoms with Crippen molar-refractivity contribution in [2.24, 2.45) is 0 Å². The lowest BCUT2D eigenvalue weighted by molar-refractivity contribution is -0.138. The van der Waals surface area contributed by atoms with Crippen LogP contribution in [0.3, 0.4) is 0 Å². The molecule has 0 aliphatic rings. The van der Waals surface area contributed by atoms with Crippen molar-refractivity contribution in [2.75, 3.05) is 25.6 Å². The Labute approximate surface area is 195 Å². The average Bonchev–Trinajstić information content (AvgIpc) is 3.18. The summed E-state index contributed by atoms with van der Waals surface area (Å²) in [6, 6.07) is 19.3. The summed E-state index contributed by atoms with van der Waals surface area (Å²) in [5.41, 5.74) is 3.53. The minimum Gasteiger partial charge on any atom is -0.375 e. The van der Waals surface area contributed by atoms with Crippen molar-refractivity contribution in [1.29, 1.82) is 0 Å². The van der Waals surface area contributed by atoms with Gasteiger partial charge in [0.2, 0.25) is 11.8 Å². The minimum atomic E-state index is -0.300. The van der Waals surface area contributed by atoms with Crippen LogP contribution in [-0.2, 0) is 26.3 Å². The summed E-state index contributed by atoms with van der Waals surface area (Å²) >= 11 is 0. The van der Waals surface area contributed by atoms with Crippen LogP contribution < -0.4 is 5.32 Å². The number of aromatic nitrogens is 2. The highest BCUT2D eigenvalue weighted by Crippen LogP contribution is 2.27. The molecule has 3 rings (SSSR count). The van der Waals surface area contributed by atoms with Gasteiger partial charge in [-0.25, -0.2) is 4.68 Å². The quantitative estimate of drug-likeness (QED) is 0.563. The molecule has 7 nitrogen and oxygen atoms in total. The molecular weight excluding hydrogens is 416 g/mol. The van der Waals surface area contributed by atoms with Gasteiger partial charge < -0.3 is 15.0 Å². The zero-order valence-electron chi connectivity index (χ0n) is 20.0. The minimum absolute atomic E-state index is 0.0879. The number of nitrogens with zero attached hydrogens (tertiary/aromatic N) is 3. The number of carbonyl (C=O) groups excluding carboxylic acids is 2. The number of aryl methyl sites for hydroxylation is 1. The first-order chi connectivity index (χ1) is 15.7. The molecule has 0 atom stereocenters. The zero-order valence-corrected chi connectivity index (χ0v) is 20.0. The fraction of sp³-hybridized carbons (Fsp3) is 0.346. The van der Waals surface area contributed by atoms with Crippen LogP contribution >= 0.6 is 0 Å². The number of hydrogen-bond donors (Lipinski definition) is 1. The Morgan fingerprint density at radius 3 is 2.36 bits per heavy atom. The highest BCUT2D eigenvalue weighted by molar-refractivity contribution is 5.94. The Morgan fingerprint density at radius 1 is 1.06 bits per heavy atom. The Morgan fingerprint density at radius 2 is 1.73 bits per heavy atom. The van der Waals surface area contributed by atoms with Crippen molar-refractivity contribution in [3.05, 3.63) is 77.5 Å². The van der Waals surface area contributed by atoms with Crippen molar-refractivity contribution < 1.29 is 14.3 Å². The molecule has 1 N–H and O–H groups in total. The molecule has 174 valence electrons. The molecule has 0 fully saturated rings. The lowest BCUT2D eigenvalue weighted by Gasteiger charge is -2.22. The van der Waals surface area contributed by atoms with Crippen LogP contribution in [0.15, 0.2) is 60.7 Å². The molecule has 33 heavy (non-hydrogen) atoms. The molecule has 1 aromatic heterocycles. The summed E-state index contributed by atoms with van der Waals surface area (Å²) in [6.45, 7) is 8.37. The number of hydrogen-bond acceptors (Lipinski definition) is 4. The van der Waals surface area contributed by atoms with E-state index < -0.39 is 0 Å². The van der Waals surface area contributed by atoms with Gasteiger partial charge in [-0.1, -0.05) is 69.3 Å². The van der Waals surface area contributed by atoms with E-state index >= 15 is 0 Å². The van der Waals surface area contributed by atoms with E-state index in [1.54, 1.807) is 4.68 Å². The molecule has 0 spiro atoms. The maximum atomic E-state index is 13.1. The lowest BCUT2D eigenvalue weighted by atomic mass is 9.92. The first kappa shape index (κ1) is 24.2. The van der Waals surface area contributed by atoms with Crippen LogP contribution in [0, 0.1) is 6.92 Å². The number of para-hydroxylation sites is 1. The zero-order chi connectivity index (χ0) is 24.0. The summed E-state index contributed by atoms with van der Waals surface area (Å²) in [6.07, 6.45) is 0. The monoisotopic (exact) mass is 448 g/mol. The molecule has 3 aromatic rings. The summed E-state index contributed by atoms with van der Waals surface area (Å²) in [5, 5.41) is 7.75. The molecule has 1 heterocycles. The summed E-state index contributed by atoms with van der Waals surface area (Å²) in [4.78, 5) is 27.2. The van der Waals surface area contributed by atoms with E-state index in [-0.39, 0.29) is 30.4 Å². The molecule has 0 unspecified atom stereocenters. The number of carbonyl (C=O) groups is 2. The second-order valence-corrected chi connectivity index (χ2v) is 9.08. The van der Waals surface area contributed by atoms with Gasteiger partial charge in [0.15, 0.2) is 0 Å². The van der Waals surface area contributed by atoms with Gasteiger partial charge in [-0.3, -0.25) is 9.59 Å². The number of nitrogens with one attached hydrogen (secondary N) is 1. The largest absolute Gasteiger partial charge is 0.375 e. The molecule has 0 aliphatic heterocycles. The SMILES string of the molecule is COCC(=O)N(CC(=O)Nc1cc(C(C)(C)C)nn1-c1ccccc1C)Cc1ccccc1. The maximum Gasteiger partial charge on any atom is 0.249 e. The van der Waals surface area contributed by atoms with Crippen LogP contribution in [0.5, 0.6) is 0 Å². The standard InChI is InChI=1S/C26H32N4O3/c1-19-11-9-10-14-21(19)30-23(15-22(28-30)26(2,3)4)27-24(31)17-29(25(32)18-33-5)16-20-12-7-6-8-13-20/h6-15H,16-18H2,1-5H3,(H,27,31). The Bertz CT molecular complexity index is 1100. The fourth-order valence-electron chi connectivity index (χ4n) is 3.43. The number of benzene rings is 2. The van der Waals surface area contributed by atoms with Gasteiger partial charge in [0, 0.05) is 25.1 Å². The maximum absolute atomic E-state index is 13.1. The highest BCUT2D eigenvalue weighted by Gasteiger charge is 2.23. The van der Waals surface area contributed by atoms with E-state index in [9.17, 15) is 9.59 Å². The third-order valence-corrected chi connectivity index (χ3v) is 5.26. The topological polar surface area (TPSA) is 76.5 Å². The second-order valence-electron chi connectivity index (χ2n) is 9.08. The molecule has 0 bridgehead atoms. The van der Waals surface area contributed by atoms with E-state index in [1.165, 1.54) is 12.0 Å². The molecule has 2 aromatic carbocycles. The van der Waals surface area contributed by atoms with Crippen molar-refractivity contribution in [2.45, 2.75) is 39.7 Å². The average molecular weight is 449 g/mol. The van der Waals surface area contributed by atoms with Gasteiger partial charge in [0.05, 0.1) is 11.4 Å². The number of rotatable bonds is 8. The van der Waals surface area contributed by atoms with E-state index in [4.69, 9.17) is 9.84 Å². The van der Waals surface area contributed by atoms with Gasteiger partial charge in [-0.05, 0) is 24.1 Å². The number of amides is 2. The van der Waals surface area contributed by atoms with Gasteiger partial charge in [0.1, 0.15) is 19.0 Å². The first-order valence-electron chi connectivity index (χ1n) is 11.0. The van der Waals surface area contributed by atoms with Crippen molar-refractivity contribution >= 4 is 17.6 Å².